The lowest BCUT2D eigenvalue weighted by molar-refractivity contribution is -0.133. The monoisotopic (exact) mass is 315 g/mol. The second kappa shape index (κ2) is 8.08. The van der Waals surface area contributed by atoms with Crippen molar-refractivity contribution < 1.29 is 18.7 Å². The topological polar surface area (TPSA) is 46.6 Å². The molecule has 2 rings (SSSR count). The predicted octanol–water partition coefficient (Wildman–Crippen LogP) is 3.07. The molecule has 0 fully saturated rings. The minimum Gasteiger partial charge on any atom is -0.483 e. The highest BCUT2D eigenvalue weighted by Gasteiger charge is 2.14. The van der Waals surface area contributed by atoms with E-state index in [1.807, 2.05) is 6.92 Å². The van der Waals surface area contributed by atoms with E-state index in [1.165, 1.54) is 12.1 Å². The second-order valence-corrected chi connectivity index (χ2v) is 4.98. The zero-order valence-electron chi connectivity index (χ0n) is 12.9. The van der Waals surface area contributed by atoms with Crippen molar-refractivity contribution in [1.29, 1.82) is 0 Å². The molecule has 4 nitrogen and oxygen atoms in total. The van der Waals surface area contributed by atoms with Gasteiger partial charge < -0.3 is 9.64 Å². The first-order chi connectivity index (χ1) is 11.1. The smallest absolute Gasteiger partial charge is 0.260 e. The second-order valence-electron chi connectivity index (χ2n) is 4.98. The molecule has 0 saturated carbocycles. The molecule has 0 atom stereocenters. The van der Waals surface area contributed by atoms with Crippen LogP contribution < -0.4 is 4.74 Å². The fourth-order valence-corrected chi connectivity index (χ4v) is 2.17. The Hall–Kier alpha value is -2.69. The van der Waals surface area contributed by atoms with Gasteiger partial charge in [0.25, 0.3) is 5.91 Å². The lowest BCUT2D eigenvalue weighted by Crippen LogP contribution is -2.34. The third-order valence-corrected chi connectivity index (χ3v) is 3.39. The van der Waals surface area contributed by atoms with E-state index in [4.69, 9.17) is 4.74 Å². The SMILES string of the molecule is CCN(Cc1cccc(F)c1)C(=O)COc1ccccc1C=O. The number of hydrogen-bond acceptors (Lipinski definition) is 3. The number of para-hydroxylation sites is 1. The summed E-state index contributed by atoms with van der Waals surface area (Å²) >= 11 is 0. The number of rotatable bonds is 7. The van der Waals surface area contributed by atoms with Crippen molar-refractivity contribution >= 4 is 12.2 Å². The molecule has 0 N–H and O–H groups in total. The number of amides is 1. The normalized spacial score (nSPS) is 10.2. The molecule has 0 aliphatic carbocycles. The van der Waals surface area contributed by atoms with Gasteiger partial charge in [0.1, 0.15) is 11.6 Å². The molecule has 120 valence electrons. The van der Waals surface area contributed by atoms with Crippen molar-refractivity contribution in [3.63, 3.8) is 0 Å². The Bertz CT molecular complexity index is 687. The van der Waals surface area contributed by atoms with Gasteiger partial charge in [-0.25, -0.2) is 4.39 Å². The van der Waals surface area contributed by atoms with Crippen LogP contribution in [0.25, 0.3) is 0 Å². The van der Waals surface area contributed by atoms with E-state index in [2.05, 4.69) is 0 Å². The maximum absolute atomic E-state index is 13.2. The summed E-state index contributed by atoms with van der Waals surface area (Å²) < 4.78 is 18.7. The first-order valence-electron chi connectivity index (χ1n) is 7.33. The lowest BCUT2D eigenvalue weighted by atomic mass is 10.2. The molecule has 23 heavy (non-hydrogen) atoms. The lowest BCUT2D eigenvalue weighted by Gasteiger charge is -2.21. The molecule has 0 heterocycles. The zero-order chi connectivity index (χ0) is 16.7. The summed E-state index contributed by atoms with van der Waals surface area (Å²) in [4.78, 5) is 24.7. The van der Waals surface area contributed by atoms with Gasteiger partial charge in [-0.3, -0.25) is 9.59 Å². The molecule has 2 aromatic carbocycles. The highest BCUT2D eigenvalue weighted by Crippen LogP contribution is 2.16. The number of halogens is 1. The number of hydrogen-bond donors (Lipinski definition) is 0. The quantitative estimate of drug-likeness (QED) is 0.738. The fraction of sp³-hybridized carbons (Fsp3) is 0.222. The molecule has 1 amide bonds. The van der Waals surface area contributed by atoms with Crippen LogP contribution in [0.1, 0.15) is 22.8 Å². The van der Waals surface area contributed by atoms with Crippen LogP contribution in [0.5, 0.6) is 5.75 Å². The summed E-state index contributed by atoms with van der Waals surface area (Å²) in [5.74, 6) is -0.183. The van der Waals surface area contributed by atoms with Crippen molar-refractivity contribution in [1.82, 2.24) is 4.90 Å². The molecule has 0 aromatic heterocycles. The maximum Gasteiger partial charge on any atom is 0.260 e. The van der Waals surface area contributed by atoms with Crippen LogP contribution in [-0.4, -0.2) is 30.2 Å². The summed E-state index contributed by atoms with van der Waals surface area (Å²) in [5.41, 5.74) is 1.11. The van der Waals surface area contributed by atoms with Gasteiger partial charge in [0.15, 0.2) is 12.9 Å². The molecule has 0 aliphatic heterocycles. The van der Waals surface area contributed by atoms with Gasteiger partial charge in [-0.1, -0.05) is 24.3 Å². The summed E-state index contributed by atoms with van der Waals surface area (Å²) in [6, 6.07) is 12.9. The Morgan fingerprint density at radius 1 is 1.22 bits per heavy atom. The number of carbonyl (C=O) groups excluding carboxylic acids is 2. The molecule has 0 saturated heterocycles. The molecule has 0 aliphatic rings. The molecule has 0 bridgehead atoms. The number of likely N-dealkylation sites (N-methyl/N-ethyl adjacent to an activating group) is 1. The molecule has 0 radical (unpaired) electrons. The van der Waals surface area contributed by atoms with E-state index >= 15 is 0 Å². The highest BCUT2D eigenvalue weighted by atomic mass is 19.1. The van der Waals surface area contributed by atoms with Gasteiger partial charge in [-0.05, 0) is 36.8 Å². The van der Waals surface area contributed by atoms with Gasteiger partial charge in [0, 0.05) is 13.1 Å². The minimum atomic E-state index is -0.331. The Kier molecular flexibility index (Phi) is 5.86. The van der Waals surface area contributed by atoms with Crippen molar-refractivity contribution in [3.05, 3.63) is 65.5 Å². The molecule has 0 unspecified atom stereocenters. The van der Waals surface area contributed by atoms with Crippen LogP contribution in [0.4, 0.5) is 4.39 Å². The average Bonchev–Trinajstić information content (AvgIpc) is 2.57. The molecular weight excluding hydrogens is 297 g/mol. The van der Waals surface area contributed by atoms with Crippen molar-refractivity contribution in [2.75, 3.05) is 13.2 Å². The largest absolute Gasteiger partial charge is 0.483 e. The van der Waals surface area contributed by atoms with Gasteiger partial charge in [-0.2, -0.15) is 0 Å². The fourth-order valence-electron chi connectivity index (χ4n) is 2.17. The summed E-state index contributed by atoms with van der Waals surface area (Å²) in [5, 5.41) is 0. The van der Waals surface area contributed by atoms with Gasteiger partial charge in [0.05, 0.1) is 5.56 Å². The van der Waals surface area contributed by atoms with Crippen LogP contribution in [0.2, 0.25) is 0 Å². The van der Waals surface area contributed by atoms with E-state index in [0.29, 0.717) is 36.3 Å². The maximum atomic E-state index is 13.2. The van der Waals surface area contributed by atoms with Crippen molar-refractivity contribution in [2.24, 2.45) is 0 Å². The first kappa shape index (κ1) is 16.7. The third kappa shape index (κ3) is 4.64. The van der Waals surface area contributed by atoms with Crippen LogP contribution >= 0.6 is 0 Å². The van der Waals surface area contributed by atoms with E-state index in [1.54, 1.807) is 41.3 Å². The van der Waals surface area contributed by atoms with E-state index in [0.717, 1.165) is 0 Å². The van der Waals surface area contributed by atoms with Gasteiger partial charge in [0.2, 0.25) is 0 Å². The Labute approximate surface area is 134 Å². The van der Waals surface area contributed by atoms with E-state index in [-0.39, 0.29) is 18.3 Å². The molecular formula is C18H18FNO3. The van der Waals surface area contributed by atoms with Crippen LogP contribution in [0.15, 0.2) is 48.5 Å². The first-order valence-corrected chi connectivity index (χ1v) is 7.33. The molecule has 2 aromatic rings. The zero-order valence-corrected chi connectivity index (χ0v) is 12.9. The van der Waals surface area contributed by atoms with E-state index in [9.17, 15) is 14.0 Å². The number of carbonyl (C=O) groups is 2. The Morgan fingerprint density at radius 2 is 2.00 bits per heavy atom. The van der Waals surface area contributed by atoms with E-state index < -0.39 is 0 Å². The van der Waals surface area contributed by atoms with Gasteiger partial charge >= 0.3 is 0 Å². The Balaban J connectivity index is 1.98. The predicted molar refractivity (Wildman–Crippen MR) is 84.8 cm³/mol. The number of nitrogens with zero attached hydrogens (tertiary/aromatic N) is 1. The molecule has 5 heteroatoms. The highest BCUT2D eigenvalue weighted by molar-refractivity contribution is 5.80. The average molecular weight is 315 g/mol. The third-order valence-electron chi connectivity index (χ3n) is 3.39. The number of benzene rings is 2. The standard InChI is InChI=1S/C18H18FNO3/c1-2-20(11-14-6-5-8-16(19)10-14)18(22)13-23-17-9-4-3-7-15(17)12-21/h3-10,12H,2,11,13H2,1H3. The minimum absolute atomic E-state index is 0.173. The van der Waals surface area contributed by atoms with Gasteiger partial charge in [-0.15, -0.1) is 0 Å². The summed E-state index contributed by atoms with van der Waals surface area (Å²) in [6.07, 6.45) is 0.685. The van der Waals surface area contributed by atoms with Crippen molar-refractivity contribution in [3.8, 4) is 5.75 Å². The Morgan fingerprint density at radius 3 is 2.70 bits per heavy atom. The van der Waals surface area contributed by atoms with Crippen LogP contribution in [-0.2, 0) is 11.3 Å². The van der Waals surface area contributed by atoms with Crippen LogP contribution in [0, 0.1) is 5.82 Å². The summed E-state index contributed by atoms with van der Waals surface area (Å²) in [7, 11) is 0. The number of ether oxygens (including phenoxy) is 1. The van der Waals surface area contributed by atoms with Crippen LogP contribution in [0.3, 0.4) is 0 Å². The van der Waals surface area contributed by atoms with Crippen molar-refractivity contribution in [2.45, 2.75) is 13.5 Å². The molecule has 0 spiro atoms. The number of aldehydes is 1. The summed E-state index contributed by atoms with van der Waals surface area (Å²) in [6.45, 7) is 2.46.